The molecule has 1 aromatic rings. The Morgan fingerprint density at radius 2 is 2.24 bits per heavy atom. The number of carbonyl (C=O) groups excluding carboxylic acids is 2. The number of carbonyl (C=O) groups is 2. The highest BCUT2D eigenvalue weighted by Gasteiger charge is 2.29. The summed E-state index contributed by atoms with van der Waals surface area (Å²) in [6.45, 7) is 4.23. The number of piperazine rings is 1. The molecule has 2 heterocycles. The second-order valence-electron chi connectivity index (χ2n) is 5.07. The van der Waals surface area contributed by atoms with Gasteiger partial charge in [-0.3, -0.25) is 9.59 Å². The molecule has 1 fully saturated rings. The van der Waals surface area contributed by atoms with Gasteiger partial charge in [-0.2, -0.15) is 0 Å². The van der Waals surface area contributed by atoms with Crippen LogP contribution in [-0.4, -0.2) is 49.0 Å². The Bertz CT molecular complexity index is 564. The molecule has 2 N–H and O–H groups in total. The normalized spacial score (nSPS) is 20.7. The van der Waals surface area contributed by atoms with Gasteiger partial charge in [-0.05, 0) is 19.1 Å². The summed E-state index contributed by atoms with van der Waals surface area (Å²) < 4.78 is 5.44. The van der Waals surface area contributed by atoms with Crippen LogP contribution in [0, 0.1) is 0 Å². The molecule has 1 atom stereocenters. The third kappa shape index (κ3) is 2.96. The smallest absolute Gasteiger partial charge is 0.262 e. The molecule has 0 unspecified atom stereocenters. The number of anilines is 1. The quantitative estimate of drug-likeness (QED) is 0.807. The molecule has 2 aliphatic heterocycles. The molecule has 0 spiro atoms. The van der Waals surface area contributed by atoms with Crippen LogP contribution in [0.2, 0.25) is 0 Å². The summed E-state index contributed by atoms with van der Waals surface area (Å²) in [5.74, 6) is 0.229. The van der Waals surface area contributed by atoms with Crippen molar-refractivity contribution in [2.45, 2.75) is 13.0 Å². The molecular formula is C14H18ClN3O3. The van der Waals surface area contributed by atoms with Gasteiger partial charge in [0.15, 0.2) is 12.4 Å². The molecule has 1 saturated heterocycles. The Kier molecular flexibility index (Phi) is 4.69. The molecule has 0 aromatic heterocycles. The summed E-state index contributed by atoms with van der Waals surface area (Å²) in [4.78, 5) is 25.8. The summed E-state index contributed by atoms with van der Waals surface area (Å²) in [6.07, 6.45) is 0. The van der Waals surface area contributed by atoms with E-state index in [1.165, 1.54) is 0 Å². The minimum Gasteiger partial charge on any atom is -0.481 e. The average Bonchev–Trinajstić information content (AvgIpc) is 2.46. The zero-order valence-electron chi connectivity index (χ0n) is 11.7. The first-order valence-corrected chi connectivity index (χ1v) is 6.74. The van der Waals surface area contributed by atoms with Gasteiger partial charge in [0.05, 0.1) is 11.3 Å². The second kappa shape index (κ2) is 6.32. The van der Waals surface area contributed by atoms with Crippen molar-refractivity contribution in [3.63, 3.8) is 0 Å². The van der Waals surface area contributed by atoms with Gasteiger partial charge < -0.3 is 20.3 Å². The summed E-state index contributed by atoms with van der Waals surface area (Å²) in [6, 6.07) is 5.39. The van der Waals surface area contributed by atoms with Crippen LogP contribution in [0.1, 0.15) is 17.3 Å². The first kappa shape index (κ1) is 15.6. The lowest BCUT2D eigenvalue weighted by Gasteiger charge is -2.34. The molecule has 2 amide bonds. The number of nitrogens with zero attached hydrogens (tertiary/aromatic N) is 1. The van der Waals surface area contributed by atoms with Crippen molar-refractivity contribution in [2.24, 2.45) is 0 Å². The standard InChI is InChI=1S/C14H17N3O3.ClH/c1-9-7-15-5-6-17(9)14(19)10-3-2-4-11-13(10)20-8-12(18)16-11;/h2-4,9,15H,5-8H2,1H3,(H,16,18);1H/t9-;/m1./s1. The lowest BCUT2D eigenvalue weighted by atomic mass is 10.1. The lowest BCUT2D eigenvalue weighted by Crippen LogP contribution is -2.52. The SMILES string of the molecule is C[C@@H]1CNCCN1C(=O)c1cccc2c1OCC(=O)N2.Cl. The molecule has 6 nitrogen and oxygen atoms in total. The van der Waals surface area contributed by atoms with Crippen molar-refractivity contribution >= 4 is 29.9 Å². The monoisotopic (exact) mass is 311 g/mol. The van der Waals surface area contributed by atoms with Crippen molar-refractivity contribution in [1.29, 1.82) is 0 Å². The van der Waals surface area contributed by atoms with E-state index in [2.05, 4.69) is 10.6 Å². The number of rotatable bonds is 1. The number of para-hydroxylation sites is 1. The van der Waals surface area contributed by atoms with Crippen molar-refractivity contribution in [3.05, 3.63) is 23.8 Å². The van der Waals surface area contributed by atoms with E-state index in [-0.39, 0.29) is 36.9 Å². The van der Waals surface area contributed by atoms with Crippen LogP contribution < -0.4 is 15.4 Å². The topological polar surface area (TPSA) is 70.7 Å². The van der Waals surface area contributed by atoms with Crippen molar-refractivity contribution in [3.8, 4) is 5.75 Å². The van der Waals surface area contributed by atoms with Crippen LogP contribution in [0.15, 0.2) is 18.2 Å². The van der Waals surface area contributed by atoms with Crippen LogP contribution in [0.25, 0.3) is 0 Å². The highest BCUT2D eigenvalue weighted by atomic mass is 35.5. The Morgan fingerprint density at radius 3 is 3.00 bits per heavy atom. The Morgan fingerprint density at radius 1 is 1.43 bits per heavy atom. The van der Waals surface area contributed by atoms with E-state index in [9.17, 15) is 9.59 Å². The third-order valence-electron chi connectivity index (χ3n) is 3.63. The van der Waals surface area contributed by atoms with Crippen LogP contribution in [0.4, 0.5) is 5.69 Å². The van der Waals surface area contributed by atoms with Gasteiger partial charge in [0.1, 0.15) is 0 Å². The summed E-state index contributed by atoms with van der Waals surface area (Å²) >= 11 is 0. The molecule has 0 aliphatic carbocycles. The number of nitrogens with one attached hydrogen (secondary N) is 2. The van der Waals surface area contributed by atoms with E-state index in [0.29, 0.717) is 23.5 Å². The van der Waals surface area contributed by atoms with Crippen molar-refractivity contribution in [1.82, 2.24) is 10.2 Å². The zero-order valence-corrected chi connectivity index (χ0v) is 12.5. The fourth-order valence-electron chi connectivity index (χ4n) is 2.58. The summed E-state index contributed by atoms with van der Waals surface area (Å²) in [5.41, 5.74) is 1.08. The predicted molar refractivity (Wildman–Crippen MR) is 81.2 cm³/mol. The number of halogens is 1. The molecule has 3 rings (SSSR count). The third-order valence-corrected chi connectivity index (χ3v) is 3.63. The molecule has 21 heavy (non-hydrogen) atoms. The molecular weight excluding hydrogens is 294 g/mol. The van der Waals surface area contributed by atoms with Crippen molar-refractivity contribution < 1.29 is 14.3 Å². The number of ether oxygens (including phenoxy) is 1. The lowest BCUT2D eigenvalue weighted by molar-refractivity contribution is -0.118. The van der Waals surface area contributed by atoms with E-state index in [0.717, 1.165) is 13.1 Å². The van der Waals surface area contributed by atoms with Gasteiger partial charge in [0.2, 0.25) is 0 Å². The minimum absolute atomic E-state index is 0. The number of hydrogen-bond donors (Lipinski definition) is 2. The van der Waals surface area contributed by atoms with Crippen LogP contribution >= 0.6 is 12.4 Å². The Labute approximate surface area is 129 Å². The molecule has 0 radical (unpaired) electrons. The van der Waals surface area contributed by atoms with E-state index < -0.39 is 0 Å². The van der Waals surface area contributed by atoms with Gasteiger partial charge >= 0.3 is 0 Å². The molecule has 2 aliphatic rings. The Hall–Kier alpha value is -1.79. The number of benzene rings is 1. The first-order valence-electron chi connectivity index (χ1n) is 6.74. The number of hydrogen-bond acceptors (Lipinski definition) is 4. The van der Waals surface area contributed by atoms with Crippen LogP contribution in [-0.2, 0) is 4.79 Å². The molecule has 114 valence electrons. The second-order valence-corrected chi connectivity index (χ2v) is 5.07. The van der Waals surface area contributed by atoms with Gasteiger partial charge in [-0.1, -0.05) is 6.07 Å². The first-order chi connectivity index (χ1) is 9.66. The largest absolute Gasteiger partial charge is 0.481 e. The maximum absolute atomic E-state index is 12.7. The molecule has 0 bridgehead atoms. The predicted octanol–water partition coefficient (Wildman–Crippen LogP) is 0.873. The maximum atomic E-state index is 12.7. The molecule has 1 aromatic carbocycles. The number of fused-ring (bicyclic) bond motifs is 1. The van der Waals surface area contributed by atoms with Gasteiger partial charge in [-0.15, -0.1) is 12.4 Å². The summed E-state index contributed by atoms with van der Waals surface area (Å²) in [5, 5.41) is 5.98. The highest BCUT2D eigenvalue weighted by Crippen LogP contribution is 2.32. The number of amides is 2. The van der Waals surface area contributed by atoms with E-state index in [1.807, 2.05) is 11.8 Å². The maximum Gasteiger partial charge on any atom is 0.262 e. The Balaban J connectivity index is 0.00000161. The van der Waals surface area contributed by atoms with Crippen molar-refractivity contribution in [2.75, 3.05) is 31.6 Å². The summed E-state index contributed by atoms with van der Waals surface area (Å²) in [7, 11) is 0. The van der Waals surface area contributed by atoms with Crippen LogP contribution in [0.3, 0.4) is 0 Å². The van der Waals surface area contributed by atoms with E-state index >= 15 is 0 Å². The molecule has 0 saturated carbocycles. The molecule has 7 heteroatoms. The fraction of sp³-hybridized carbons (Fsp3) is 0.429. The van der Waals surface area contributed by atoms with Gasteiger partial charge in [0.25, 0.3) is 11.8 Å². The minimum atomic E-state index is -0.197. The fourth-order valence-corrected chi connectivity index (χ4v) is 2.58. The van der Waals surface area contributed by atoms with E-state index in [4.69, 9.17) is 4.74 Å². The van der Waals surface area contributed by atoms with E-state index in [1.54, 1.807) is 18.2 Å². The average molecular weight is 312 g/mol. The highest BCUT2D eigenvalue weighted by molar-refractivity contribution is 6.03. The van der Waals surface area contributed by atoms with Gasteiger partial charge in [-0.25, -0.2) is 0 Å². The van der Waals surface area contributed by atoms with Gasteiger partial charge in [0, 0.05) is 25.7 Å². The van der Waals surface area contributed by atoms with Crippen LogP contribution in [0.5, 0.6) is 5.75 Å². The zero-order chi connectivity index (χ0) is 14.1.